The van der Waals surface area contributed by atoms with E-state index in [1.165, 1.54) is 4.68 Å². The van der Waals surface area contributed by atoms with Crippen molar-refractivity contribution in [1.82, 2.24) is 15.1 Å². The van der Waals surface area contributed by atoms with Crippen LogP contribution in [0.5, 0.6) is 0 Å². The first kappa shape index (κ1) is 14.6. The summed E-state index contributed by atoms with van der Waals surface area (Å²) in [6.07, 6.45) is 4.95. The smallest absolute Gasteiger partial charge is 0.326 e. The van der Waals surface area contributed by atoms with Crippen molar-refractivity contribution in [1.29, 1.82) is 0 Å². The highest BCUT2D eigenvalue weighted by atomic mass is 16.4. The molecule has 2 rings (SSSR count). The molecule has 20 heavy (non-hydrogen) atoms. The van der Waals surface area contributed by atoms with Crippen molar-refractivity contribution in [3.63, 3.8) is 0 Å². The predicted molar refractivity (Wildman–Crippen MR) is 73.4 cm³/mol. The summed E-state index contributed by atoms with van der Waals surface area (Å²) in [5.74, 6) is -1.30. The molecule has 6 heteroatoms. The first-order chi connectivity index (χ1) is 9.49. The summed E-state index contributed by atoms with van der Waals surface area (Å²) < 4.78 is 1.48. The summed E-state index contributed by atoms with van der Waals surface area (Å²) >= 11 is 0. The van der Waals surface area contributed by atoms with Crippen LogP contribution in [0.25, 0.3) is 0 Å². The summed E-state index contributed by atoms with van der Waals surface area (Å²) in [4.78, 5) is 23.6. The second-order valence-corrected chi connectivity index (χ2v) is 5.48. The van der Waals surface area contributed by atoms with Crippen LogP contribution in [-0.2, 0) is 11.8 Å². The third-order valence-corrected chi connectivity index (χ3v) is 3.91. The van der Waals surface area contributed by atoms with E-state index in [1.54, 1.807) is 20.0 Å². The third kappa shape index (κ3) is 3.18. The van der Waals surface area contributed by atoms with Gasteiger partial charge in [0.05, 0.1) is 5.69 Å². The number of carboxylic acid groups (broad SMARTS) is 1. The van der Waals surface area contributed by atoms with Gasteiger partial charge in [-0.1, -0.05) is 19.3 Å². The molecule has 1 amide bonds. The lowest BCUT2D eigenvalue weighted by molar-refractivity contribution is -0.141. The van der Waals surface area contributed by atoms with E-state index in [0.29, 0.717) is 5.69 Å². The number of carbonyl (C=O) groups excluding carboxylic acids is 1. The number of amides is 1. The van der Waals surface area contributed by atoms with Crippen molar-refractivity contribution in [2.75, 3.05) is 0 Å². The minimum Gasteiger partial charge on any atom is -0.480 e. The van der Waals surface area contributed by atoms with Gasteiger partial charge in [-0.15, -0.1) is 0 Å². The number of nitrogens with zero attached hydrogens (tertiary/aromatic N) is 2. The zero-order valence-corrected chi connectivity index (χ0v) is 11.9. The fraction of sp³-hybridized carbons (Fsp3) is 0.643. The lowest BCUT2D eigenvalue weighted by Gasteiger charge is -2.27. The van der Waals surface area contributed by atoms with Gasteiger partial charge in [-0.25, -0.2) is 4.79 Å². The number of carboxylic acids is 1. The van der Waals surface area contributed by atoms with Crippen LogP contribution in [0.15, 0.2) is 6.07 Å². The van der Waals surface area contributed by atoms with Gasteiger partial charge in [0.2, 0.25) is 0 Å². The fourth-order valence-corrected chi connectivity index (χ4v) is 2.89. The van der Waals surface area contributed by atoms with Crippen LogP contribution in [0.3, 0.4) is 0 Å². The van der Waals surface area contributed by atoms with Gasteiger partial charge < -0.3 is 10.4 Å². The van der Waals surface area contributed by atoms with Crippen molar-refractivity contribution in [2.45, 2.75) is 45.1 Å². The molecule has 1 fully saturated rings. The molecule has 2 N–H and O–H groups in total. The average molecular weight is 279 g/mol. The highest BCUT2D eigenvalue weighted by Gasteiger charge is 2.31. The number of nitrogens with one attached hydrogen (secondary N) is 1. The molecule has 1 unspecified atom stereocenters. The number of hydrogen-bond donors (Lipinski definition) is 2. The minimum atomic E-state index is -0.954. The molecule has 1 saturated carbocycles. The molecule has 0 aliphatic heterocycles. The molecular weight excluding hydrogens is 258 g/mol. The largest absolute Gasteiger partial charge is 0.480 e. The van der Waals surface area contributed by atoms with Crippen molar-refractivity contribution in [3.05, 3.63) is 17.5 Å². The summed E-state index contributed by atoms with van der Waals surface area (Å²) in [6.45, 7) is 1.80. The van der Waals surface area contributed by atoms with Crippen LogP contribution in [0, 0.1) is 12.8 Å². The summed E-state index contributed by atoms with van der Waals surface area (Å²) in [5.41, 5.74) is 1.13. The topological polar surface area (TPSA) is 84.2 Å². The lowest BCUT2D eigenvalue weighted by atomic mass is 9.84. The van der Waals surface area contributed by atoms with E-state index in [0.717, 1.165) is 37.8 Å². The fourth-order valence-electron chi connectivity index (χ4n) is 2.89. The van der Waals surface area contributed by atoms with Crippen molar-refractivity contribution >= 4 is 11.9 Å². The lowest BCUT2D eigenvalue weighted by Crippen LogP contribution is -2.47. The number of hydrogen-bond acceptors (Lipinski definition) is 3. The number of rotatable bonds is 4. The Hall–Kier alpha value is -1.85. The second-order valence-electron chi connectivity index (χ2n) is 5.48. The number of aromatic nitrogens is 2. The maximum atomic E-state index is 12.2. The molecule has 0 bridgehead atoms. The normalized spacial score (nSPS) is 17.7. The summed E-state index contributed by atoms with van der Waals surface area (Å²) in [6, 6.07) is 0.854. The Morgan fingerprint density at radius 3 is 2.55 bits per heavy atom. The Morgan fingerprint density at radius 1 is 1.40 bits per heavy atom. The van der Waals surface area contributed by atoms with Gasteiger partial charge in [0.25, 0.3) is 5.91 Å². The molecule has 0 spiro atoms. The molecule has 6 nitrogen and oxygen atoms in total. The van der Waals surface area contributed by atoms with Gasteiger partial charge >= 0.3 is 5.97 Å². The van der Waals surface area contributed by atoms with Gasteiger partial charge in [-0.3, -0.25) is 9.48 Å². The molecule has 1 aromatic rings. The molecule has 0 saturated heterocycles. The van der Waals surface area contributed by atoms with E-state index in [1.807, 2.05) is 0 Å². The maximum absolute atomic E-state index is 12.2. The van der Waals surface area contributed by atoms with Crippen molar-refractivity contribution < 1.29 is 14.7 Å². The first-order valence-corrected chi connectivity index (χ1v) is 7.03. The molecule has 1 aromatic heterocycles. The Balaban J connectivity index is 2.09. The second kappa shape index (κ2) is 6.07. The molecule has 1 aliphatic carbocycles. The number of aryl methyl sites for hydroxylation is 2. The molecule has 0 aromatic carbocycles. The van der Waals surface area contributed by atoms with E-state index in [-0.39, 0.29) is 11.8 Å². The van der Waals surface area contributed by atoms with Crippen LogP contribution >= 0.6 is 0 Å². The Bertz CT molecular complexity index is 504. The van der Waals surface area contributed by atoms with Crippen LogP contribution in [0.2, 0.25) is 0 Å². The van der Waals surface area contributed by atoms with Gasteiger partial charge in [-0.2, -0.15) is 5.10 Å². The van der Waals surface area contributed by atoms with E-state index in [2.05, 4.69) is 10.4 Å². The number of aliphatic carboxylic acids is 1. The van der Waals surface area contributed by atoms with E-state index < -0.39 is 12.0 Å². The molecule has 1 atom stereocenters. The van der Waals surface area contributed by atoms with Crippen LogP contribution in [-0.4, -0.2) is 32.8 Å². The van der Waals surface area contributed by atoms with Crippen LogP contribution < -0.4 is 5.32 Å². The van der Waals surface area contributed by atoms with Crippen molar-refractivity contribution in [2.24, 2.45) is 13.0 Å². The van der Waals surface area contributed by atoms with E-state index in [9.17, 15) is 14.7 Å². The van der Waals surface area contributed by atoms with Crippen molar-refractivity contribution in [3.8, 4) is 0 Å². The molecule has 0 radical (unpaired) electrons. The third-order valence-electron chi connectivity index (χ3n) is 3.91. The van der Waals surface area contributed by atoms with Gasteiger partial charge in [-0.05, 0) is 31.7 Å². The summed E-state index contributed by atoms with van der Waals surface area (Å²) in [5, 5.41) is 16.1. The minimum absolute atomic E-state index is 0.0273. The molecular formula is C14H21N3O3. The van der Waals surface area contributed by atoms with Gasteiger partial charge in [0.15, 0.2) is 0 Å². The first-order valence-electron chi connectivity index (χ1n) is 7.03. The van der Waals surface area contributed by atoms with Crippen LogP contribution in [0.1, 0.15) is 48.3 Å². The standard InChI is InChI=1S/C14H21N3O3/c1-9-8-11(17(2)16-9)13(18)15-12(14(19)20)10-6-4-3-5-7-10/h8,10,12H,3-7H2,1-2H3,(H,15,18)(H,19,20). The number of carbonyl (C=O) groups is 2. The van der Waals surface area contributed by atoms with E-state index in [4.69, 9.17) is 0 Å². The molecule has 110 valence electrons. The Kier molecular flexibility index (Phi) is 4.42. The monoisotopic (exact) mass is 279 g/mol. The maximum Gasteiger partial charge on any atom is 0.326 e. The molecule has 1 heterocycles. The highest BCUT2D eigenvalue weighted by Crippen LogP contribution is 2.26. The van der Waals surface area contributed by atoms with E-state index >= 15 is 0 Å². The zero-order chi connectivity index (χ0) is 14.7. The van der Waals surface area contributed by atoms with Gasteiger partial charge in [0, 0.05) is 7.05 Å². The Labute approximate surface area is 118 Å². The molecule has 1 aliphatic rings. The predicted octanol–water partition coefficient (Wildman–Crippen LogP) is 1.49. The Morgan fingerprint density at radius 2 is 2.05 bits per heavy atom. The summed E-state index contributed by atoms with van der Waals surface area (Å²) in [7, 11) is 1.68. The average Bonchev–Trinajstić information content (AvgIpc) is 2.75. The quantitative estimate of drug-likeness (QED) is 0.874. The van der Waals surface area contributed by atoms with Crippen LogP contribution in [0.4, 0.5) is 0 Å². The SMILES string of the molecule is Cc1cc(C(=O)NC(C(=O)O)C2CCCCC2)n(C)n1. The zero-order valence-electron chi connectivity index (χ0n) is 11.9. The van der Waals surface area contributed by atoms with Gasteiger partial charge in [0.1, 0.15) is 11.7 Å². The highest BCUT2D eigenvalue weighted by molar-refractivity contribution is 5.95.